The van der Waals surface area contributed by atoms with Crippen molar-refractivity contribution in [2.45, 2.75) is 25.8 Å². The molecule has 0 spiro atoms. The van der Waals surface area contributed by atoms with E-state index in [2.05, 4.69) is 4.90 Å². The number of nitrogens with zero attached hydrogens (tertiary/aromatic N) is 3. The number of hydrogen-bond acceptors (Lipinski definition) is 6. The first kappa shape index (κ1) is 18.6. The van der Waals surface area contributed by atoms with E-state index in [0.29, 0.717) is 44.0 Å². The molecule has 26 heavy (non-hydrogen) atoms. The van der Waals surface area contributed by atoms with E-state index in [-0.39, 0.29) is 12.0 Å². The van der Waals surface area contributed by atoms with Crippen LogP contribution in [-0.4, -0.2) is 85.7 Å². The van der Waals surface area contributed by atoms with Crippen LogP contribution in [0.4, 0.5) is 4.79 Å². The molecule has 0 bridgehead atoms. The Bertz CT molecular complexity index is 624. The maximum Gasteiger partial charge on any atom is 0.409 e. The van der Waals surface area contributed by atoms with Gasteiger partial charge in [0.15, 0.2) is 5.76 Å². The van der Waals surface area contributed by atoms with Crippen molar-refractivity contribution in [3.8, 4) is 5.95 Å². The molecule has 3 heterocycles. The van der Waals surface area contributed by atoms with Crippen LogP contribution in [0.5, 0.6) is 5.95 Å². The van der Waals surface area contributed by atoms with Crippen molar-refractivity contribution in [1.29, 1.82) is 0 Å². The van der Waals surface area contributed by atoms with E-state index in [9.17, 15) is 9.59 Å². The number of hydrogen-bond donors (Lipinski definition) is 0. The van der Waals surface area contributed by atoms with Gasteiger partial charge >= 0.3 is 6.09 Å². The molecular formula is C18H27N3O5. The van der Waals surface area contributed by atoms with Crippen molar-refractivity contribution in [3.05, 3.63) is 17.9 Å². The van der Waals surface area contributed by atoms with Gasteiger partial charge in [-0.15, -0.1) is 0 Å². The smallest absolute Gasteiger partial charge is 0.409 e. The molecule has 0 radical (unpaired) electrons. The summed E-state index contributed by atoms with van der Waals surface area (Å²) in [5.74, 6) is 0.565. The zero-order valence-electron chi connectivity index (χ0n) is 15.5. The van der Waals surface area contributed by atoms with Crippen LogP contribution in [0.2, 0.25) is 0 Å². The first-order chi connectivity index (χ1) is 12.6. The quantitative estimate of drug-likeness (QED) is 0.808. The van der Waals surface area contributed by atoms with Gasteiger partial charge in [-0.2, -0.15) is 0 Å². The van der Waals surface area contributed by atoms with E-state index in [1.165, 1.54) is 7.11 Å². The molecule has 1 aromatic heterocycles. The molecule has 3 rings (SSSR count). The van der Waals surface area contributed by atoms with Gasteiger partial charge < -0.3 is 23.7 Å². The number of rotatable bonds is 4. The summed E-state index contributed by atoms with van der Waals surface area (Å²) in [5.41, 5.74) is 0. The monoisotopic (exact) mass is 365 g/mol. The zero-order chi connectivity index (χ0) is 18.5. The van der Waals surface area contributed by atoms with Gasteiger partial charge in [-0.1, -0.05) is 0 Å². The number of amides is 2. The maximum atomic E-state index is 12.7. The number of furan rings is 1. The zero-order valence-corrected chi connectivity index (χ0v) is 15.5. The predicted octanol–water partition coefficient (Wildman–Crippen LogP) is 1.67. The van der Waals surface area contributed by atoms with Crippen LogP contribution in [0.3, 0.4) is 0 Å². The number of piperazine rings is 1. The van der Waals surface area contributed by atoms with Gasteiger partial charge in [0, 0.05) is 51.4 Å². The van der Waals surface area contributed by atoms with Crippen LogP contribution in [-0.2, 0) is 4.74 Å². The molecule has 2 amide bonds. The van der Waals surface area contributed by atoms with Crippen molar-refractivity contribution < 1.29 is 23.5 Å². The number of piperidine rings is 1. The van der Waals surface area contributed by atoms with E-state index in [1.807, 2.05) is 11.8 Å². The lowest BCUT2D eigenvalue weighted by Gasteiger charge is -2.42. The molecule has 2 aliphatic rings. The third kappa shape index (κ3) is 4.12. The highest BCUT2D eigenvalue weighted by Crippen LogP contribution is 2.22. The van der Waals surface area contributed by atoms with Crippen LogP contribution in [0, 0.1) is 0 Å². The van der Waals surface area contributed by atoms with Crippen molar-refractivity contribution in [2.75, 3.05) is 53.0 Å². The molecule has 2 saturated heterocycles. The highest BCUT2D eigenvalue weighted by atomic mass is 16.6. The molecule has 0 N–H and O–H groups in total. The van der Waals surface area contributed by atoms with E-state index in [4.69, 9.17) is 13.9 Å². The van der Waals surface area contributed by atoms with E-state index < -0.39 is 0 Å². The minimum Gasteiger partial charge on any atom is -0.468 e. The Morgan fingerprint density at radius 3 is 2.58 bits per heavy atom. The number of likely N-dealkylation sites (tertiary alicyclic amines) is 1. The van der Waals surface area contributed by atoms with Gasteiger partial charge in [0.2, 0.25) is 0 Å². The van der Waals surface area contributed by atoms with E-state index in [1.54, 1.807) is 17.0 Å². The van der Waals surface area contributed by atoms with E-state index in [0.717, 1.165) is 32.5 Å². The summed E-state index contributed by atoms with van der Waals surface area (Å²) in [6.45, 7) is 6.58. The molecular weight excluding hydrogens is 338 g/mol. The van der Waals surface area contributed by atoms with Crippen molar-refractivity contribution in [1.82, 2.24) is 14.7 Å². The van der Waals surface area contributed by atoms with Gasteiger partial charge in [-0.25, -0.2) is 4.79 Å². The van der Waals surface area contributed by atoms with Gasteiger partial charge in [-0.05, 0) is 25.8 Å². The van der Waals surface area contributed by atoms with E-state index >= 15 is 0 Å². The standard InChI is InChI=1S/C18H27N3O5/c1-3-25-18(23)20-11-9-19(10-12-20)14-5-4-8-21(13-14)17(22)15-6-7-16(24-2)26-15/h6-7,14H,3-5,8-13H2,1-2H3. The normalized spacial score (nSPS) is 21.5. The van der Waals surface area contributed by atoms with Gasteiger partial charge in [0.25, 0.3) is 11.9 Å². The fraction of sp³-hybridized carbons (Fsp3) is 0.667. The Balaban J connectivity index is 1.54. The molecule has 1 aromatic rings. The second-order valence-electron chi connectivity index (χ2n) is 6.59. The van der Waals surface area contributed by atoms with Crippen LogP contribution in [0.1, 0.15) is 30.3 Å². The minimum absolute atomic E-state index is 0.0943. The Kier molecular flexibility index (Phi) is 6.03. The van der Waals surface area contributed by atoms with Crippen LogP contribution in [0.25, 0.3) is 0 Å². The molecule has 144 valence electrons. The summed E-state index contributed by atoms with van der Waals surface area (Å²) >= 11 is 0. The predicted molar refractivity (Wildman–Crippen MR) is 94.4 cm³/mol. The Morgan fingerprint density at radius 1 is 1.15 bits per heavy atom. The molecule has 2 fully saturated rings. The maximum absolute atomic E-state index is 12.7. The first-order valence-corrected chi connectivity index (χ1v) is 9.21. The fourth-order valence-corrected chi connectivity index (χ4v) is 3.62. The number of ether oxygens (including phenoxy) is 2. The second-order valence-corrected chi connectivity index (χ2v) is 6.59. The van der Waals surface area contributed by atoms with Crippen LogP contribution >= 0.6 is 0 Å². The van der Waals surface area contributed by atoms with Gasteiger partial charge in [-0.3, -0.25) is 9.69 Å². The average molecular weight is 365 g/mol. The SMILES string of the molecule is CCOC(=O)N1CCN(C2CCCN(C(=O)c3ccc(OC)o3)C2)CC1. The molecule has 8 nitrogen and oxygen atoms in total. The molecule has 0 saturated carbocycles. The van der Waals surface area contributed by atoms with Crippen LogP contribution in [0.15, 0.2) is 16.5 Å². The Morgan fingerprint density at radius 2 is 1.92 bits per heavy atom. The lowest BCUT2D eigenvalue weighted by Crippen LogP contribution is -2.56. The van der Waals surface area contributed by atoms with Gasteiger partial charge in [0.05, 0.1) is 13.7 Å². The highest BCUT2D eigenvalue weighted by Gasteiger charge is 2.32. The topological polar surface area (TPSA) is 75.5 Å². The second kappa shape index (κ2) is 8.44. The molecule has 0 aliphatic carbocycles. The summed E-state index contributed by atoms with van der Waals surface area (Å²) < 4.78 is 15.5. The largest absolute Gasteiger partial charge is 0.468 e. The first-order valence-electron chi connectivity index (χ1n) is 9.21. The third-order valence-corrected chi connectivity index (χ3v) is 5.03. The summed E-state index contributed by atoms with van der Waals surface area (Å²) in [5, 5.41) is 0. The molecule has 2 aliphatic heterocycles. The molecule has 1 unspecified atom stereocenters. The summed E-state index contributed by atoms with van der Waals surface area (Å²) in [4.78, 5) is 30.5. The lowest BCUT2D eigenvalue weighted by molar-refractivity contribution is 0.0361. The molecule has 1 atom stereocenters. The van der Waals surface area contributed by atoms with Crippen molar-refractivity contribution in [3.63, 3.8) is 0 Å². The average Bonchev–Trinajstić information content (AvgIpc) is 3.17. The Hall–Kier alpha value is -2.22. The summed E-state index contributed by atoms with van der Waals surface area (Å²) in [6, 6.07) is 3.63. The van der Waals surface area contributed by atoms with Crippen molar-refractivity contribution >= 4 is 12.0 Å². The van der Waals surface area contributed by atoms with Crippen LogP contribution < -0.4 is 4.74 Å². The summed E-state index contributed by atoms with van der Waals surface area (Å²) in [6.07, 6.45) is 1.79. The summed E-state index contributed by atoms with van der Waals surface area (Å²) in [7, 11) is 1.51. The lowest BCUT2D eigenvalue weighted by atomic mass is 10.0. The molecule has 8 heteroatoms. The minimum atomic E-state index is -0.237. The van der Waals surface area contributed by atoms with Crippen molar-refractivity contribution in [2.24, 2.45) is 0 Å². The number of carbonyl (C=O) groups excluding carboxylic acids is 2. The number of carbonyl (C=O) groups is 2. The highest BCUT2D eigenvalue weighted by molar-refractivity contribution is 5.91. The number of methoxy groups -OCH3 is 1. The van der Waals surface area contributed by atoms with Gasteiger partial charge in [0.1, 0.15) is 0 Å². The Labute approximate surface area is 153 Å². The third-order valence-electron chi connectivity index (χ3n) is 5.03. The molecule has 0 aromatic carbocycles. The fourth-order valence-electron chi connectivity index (χ4n) is 3.62.